The number of amides is 1. The van der Waals surface area contributed by atoms with E-state index >= 15 is 0 Å². The summed E-state index contributed by atoms with van der Waals surface area (Å²) in [7, 11) is 1.61. The summed E-state index contributed by atoms with van der Waals surface area (Å²) in [6.45, 7) is 5.53. The highest BCUT2D eigenvalue weighted by Gasteiger charge is 2.11. The zero-order valence-corrected chi connectivity index (χ0v) is 21.7. The Hall–Kier alpha value is -4.66. The molecular formula is C29H31N3O6. The minimum absolute atomic E-state index is 0.173. The third kappa shape index (κ3) is 7.19. The summed E-state index contributed by atoms with van der Waals surface area (Å²) in [6.07, 6.45) is 1.69. The van der Waals surface area contributed by atoms with E-state index in [1.54, 1.807) is 60.5 Å². The average molecular weight is 518 g/mol. The van der Waals surface area contributed by atoms with E-state index in [-0.39, 0.29) is 18.3 Å². The lowest BCUT2D eigenvalue weighted by molar-refractivity contribution is 0.102. The molecule has 0 radical (unpaired) electrons. The number of ether oxygens (including phenoxy) is 5. The molecule has 4 aromatic rings. The summed E-state index contributed by atoms with van der Waals surface area (Å²) < 4.78 is 29.6. The van der Waals surface area contributed by atoms with E-state index in [0.29, 0.717) is 48.5 Å². The summed E-state index contributed by atoms with van der Waals surface area (Å²) in [4.78, 5) is 12.6. The van der Waals surface area contributed by atoms with E-state index in [9.17, 15) is 4.79 Å². The molecule has 0 fully saturated rings. The average Bonchev–Trinajstić information content (AvgIpc) is 3.43. The first-order valence-corrected chi connectivity index (χ1v) is 12.3. The van der Waals surface area contributed by atoms with Crippen LogP contribution in [0.25, 0.3) is 0 Å². The van der Waals surface area contributed by atoms with Crippen molar-refractivity contribution in [1.82, 2.24) is 9.78 Å². The Kier molecular flexibility index (Phi) is 9.07. The highest BCUT2D eigenvalue weighted by Crippen LogP contribution is 2.29. The van der Waals surface area contributed by atoms with Crippen LogP contribution >= 0.6 is 0 Å². The molecule has 0 spiro atoms. The molecule has 0 saturated heterocycles. The molecule has 0 aliphatic carbocycles. The first-order valence-electron chi connectivity index (χ1n) is 12.3. The lowest BCUT2D eigenvalue weighted by Crippen LogP contribution is -2.14. The fourth-order valence-electron chi connectivity index (χ4n) is 3.55. The molecule has 3 aromatic carbocycles. The van der Waals surface area contributed by atoms with Gasteiger partial charge >= 0.3 is 0 Å². The zero-order chi connectivity index (χ0) is 26.7. The number of carbonyl (C=O) groups excluding carboxylic acids is 1. The summed E-state index contributed by atoms with van der Waals surface area (Å²) in [5, 5.41) is 7.13. The minimum atomic E-state index is -0.320. The summed E-state index contributed by atoms with van der Waals surface area (Å²) in [5.74, 6) is 3.19. The van der Waals surface area contributed by atoms with Crippen LogP contribution < -0.4 is 29.0 Å². The fraction of sp³-hybridized carbons (Fsp3) is 0.241. The summed E-state index contributed by atoms with van der Waals surface area (Å²) in [5.41, 5.74) is 1.87. The van der Waals surface area contributed by atoms with Crippen molar-refractivity contribution in [3.05, 3.63) is 90.3 Å². The van der Waals surface area contributed by atoms with E-state index in [2.05, 4.69) is 10.4 Å². The van der Waals surface area contributed by atoms with Gasteiger partial charge in [-0.3, -0.25) is 4.79 Å². The molecule has 1 N–H and O–H groups in total. The normalized spacial score (nSPS) is 10.5. The van der Waals surface area contributed by atoms with Gasteiger partial charge in [0.05, 0.1) is 20.3 Å². The van der Waals surface area contributed by atoms with Crippen molar-refractivity contribution in [2.24, 2.45) is 0 Å². The Balaban J connectivity index is 1.27. The first-order chi connectivity index (χ1) is 18.6. The van der Waals surface area contributed by atoms with E-state index in [1.165, 1.54) is 0 Å². The molecule has 0 unspecified atom stereocenters. The molecule has 0 saturated carbocycles. The molecule has 0 aliphatic rings. The van der Waals surface area contributed by atoms with Crippen LogP contribution in [0.2, 0.25) is 0 Å². The van der Waals surface area contributed by atoms with Crippen molar-refractivity contribution >= 4 is 11.6 Å². The maximum atomic E-state index is 12.6. The van der Waals surface area contributed by atoms with Gasteiger partial charge < -0.3 is 29.0 Å². The minimum Gasteiger partial charge on any atom is -0.497 e. The number of carbonyl (C=O) groups is 1. The maximum Gasteiger partial charge on any atom is 0.276 e. The molecular weight excluding hydrogens is 486 g/mol. The standard InChI is InChI=1S/C29H31N3O6/c1-4-35-27-15-6-21(18-28(27)36-5-2)19-37-24-9-7-22(8-10-24)30-29(33)26-16-17-32(31-26)20-38-25-13-11-23(34-3)12-14-25/h6-18H,4-5,19-20H2,1-3H3,(H,30,33). The van der Waals surface area contributed by atoms with Gasteiger partial charge in [0.25, 0.3) is 5.91 Å². The number of aromatic nitrogens is 2. The van der Waals surface area contributed by atoms with E-state index < -0.39 is 0 Å². The van der Waals surface area contributed by atoms with Gasteiger partial charge in [-0.15, -0.1) is 0 Å². The van der Waals surface area contributed by atoms with Gasteiger partial charge in [0.1, 0.15) is 23.9 Å². The maximum absolute atomic E-state index is 12.6. The molecule has 1 amide bonds. The van der Waals surface area contributed by atoms with Gasteiger partial charge in [-0.05, 0) is 86.1 Å². The Labute approximate surface area is 221 Å². The summed E-state index contributed by atoms with van der Waals surface area (Å²) in [6, 6.07) is 21.8. The van der Waals surface area contributed by atoms with Gasteiger partial charge in [0.15, 0.2) is 23.9 Å². The van der Waals surface area contributed by atoms with Gasteiger partial charge in [-0.2, -0.15) is 5.10 Å². The smallest absolute Gasteiger partial charge is 0.276 e. The lowest BCUT2D eigenvalue weighted by Gasteiger charge is -2.13. The van der Waals surface area contributed by atoms with Crippen LogP contribution in [0.4, 0.5) is 5.69 Å². The van der Waals surface area contributed by atoms with Crippen molar-refractivity contribution in [2.45, 2.75) is 27.2 Å². The number of anilines is 1. The van der Waals surface area contributed by atoms with Gasteiger partial charge in [-0.25, -0.2) is 4.68 Å². The largest absolute Gasteiger partial charge is 0.497 e. The second-order valence-corrected chi connectivity index (χ2v) is 8.10. The molecule has 0 aliphatic heterocycles. The monoisotopic (exact) mass is 517 g/mol. The van der Waals surface area contributed by atoms with Crippen LogP contribution in [0.5, 0.6) is 28.7 Å². The number of benzene rings is 3. The summed E-state index contributed by atoms with van der Waals surface area (Å²) >= 11 is 0. The Morgan fingerprint density at radius 1 is 0.789 bits per heavy atom. The predicted octanol–water partition coefficient (Wildman–Crippen LogP) is 5.56. The molecule has 0 atom stereocenters. The Morgan fingerprint density at radius 2 is 1.45 bits per heavy atom. The van der Waals surface area contributed by atoms with Crippen molar-refractivity contribution < 1.29 is 28.5 Å². The Bertz CT molecular complexity index is 1320. The van der Waals surface area contributed by atoms with Crippen LogP contribution in [-0.2, 0) is 13.3 Å². The number of methoxy groups -OCH3 is 1. The number of hydrogen-bond acceptors (Lipinski definition) is 7. The highest BCUT2D eigenvalue weighted by atomic mass is 16.5. The van der Waals surface area contributed by atoms with E-state index in [0.717, 1.165) is 11.3 Å². The first kappa shape index (κ1) is 26.4. The number of rotatable bonds is 13. The SMILES string of the molecule is CCOc1ccc(COc2ccc(NC(=O)c3ccn(COc4ccc(OC)cc4)n3)cc2)cc1OCC. The van der Waals surface area contributed by atoms with Crippen LogP contribution in [0, 0.1) is 0 Å². The highest BCUT2D eigenvalue weighted by molar-refractivity contribution is 6.02. The lowest BCUT2D eigenvalue weighted by atomic mass is 10.2. The zero-order valence-electron chi connectivity index (χ0n) is 21.7. The van der Waals surface area contributed by atoms with Gasteiger partial charge in [0, 0.05) is 11.9 Å². The number of nitrogens with zero attached hydrogens (tertiary/aromatic N) is 2. The van der Waals surface area contributed by atoms with Crippen molar-refractivity contribution in [3.8, 4) is 28.7 Å². The molecule has 1 aromatic heterocycles. The number of hydrogen-bond donors (Lipinski definition) is 1. The third-order valence-electron chi connectivity index (χ3n) is 5.42. The molecule has 0 bridgehead atoms. The second kappa shape index (κ2) is 13.0. The van der Waals surface area contributed by atoms with E-state index in [1.807, 2.05) is 44.2 Å². The van der Waals surface area contributed by atoms with Crippen LogP contribution in [0.3, 0.4) is 0 Å². The quantitative estimate of drug-likeness (QED) is 0.248. The molecule has 9 nitrogen and oxygen atoms in total. The molecule has 4 rings (SSSR count). The van der Waals surface area contributed by atoms with Crippen molar-refractivity contribution in [2.75, 3.05) is 25.6 Å². The van der Waals surface area contributed by atoms with Crippen molar-refractivity contribution in [1.29, 1.82) is 0 Å². The Morgan fingerprint density at radius 3 is 2.16 bits per heavy atom. The predicted molar refractivity (Wildman–Crippen MR) is 143 cm³/mol. The second-order valence-electron chi connectivity index (χ2n) is 8.10. The van der Waals surface area contributed by atoms with Crippen LogP contribution in [0.15, 0.2) is 79.0 Å². The van der Waals surface area contributed by atoms with Crippen LogP contribution in [0.1, 0.15) is 29.9 Å². The van der Waals surface area contributed by atoms with Gasteiger partial charge in [-0.1, -0.05) is 6.07 Å². The third-order valence-corrected chi connectivity index (χ3v) is 5.42. The molecule has 38 heavy (non-hydrogen) atoms. The molecule has 1 heterocycles. The molecule has 9 heteroatoms. The topological polar surface area (TPSA) is 93.1 Å². The fourth-order valence-corrected chi connectivity index (χ4v) is 3.55. The van der Waals surface area contributed by atoms with E-state index in [4.69, 9.17) is 23.7 Å². The van der Waals surface area contributed by atoms with Crippen LogP contribution in [-0.4, -0.2) is 36.0 Å². The van der Waals surface area contributed by atoms with Gasteiger partial charge in [0.2, 0.25) is 0 Å². The number of nitrogens with one attached hydrogen (secondary N) is 1. The molecule has 198 valence electrons. The van der Waals surface area contributed by atoms with Crippen molar-refractivity contribution in [3.63, 3.8) is 0 Å².